The SMILES string of the molecule is COc1ccc(-c2oc3c(CC=C(C)C)c(OCCCN(C)C)cc(O)c3c(=O)c2O[C@H]2O[C@H](C)[C@@H](O)[C@H](O)[C@@H]2O)cc1. The number of hydrogen-bond donors (Lipinski definition) is 4. The van der Waals surface area contributed by atoms with Gasteiger partial charge in [-0.05, 0) is 72.0 Å². The number of aliphatic hydroxyl groups is 3. The average molecular weight is 600 g/mol. The number of rotatable bonds is 11. The van der Waals surface area contributed by atoms with Crippen molar-refractivity contribution in [3.8, 4) is 34.3 Å². The van der Waals surface area contributed by atoms with Gasteiger partial charge >= 0.3 is 0 Å². The maximum absolute atomic E-state index is 14.1. The van der Waals surface area contributed by atoms with Crippen molar-refractivity contribution in [2.75, 3.05) is 34.4 Å². The van der Waals surface area contributed by atoms with Crippen LogP contribution in [0.4, 0.5) is 0 Å². The lowest BCUT2D eigenvalue weighted by atomic mass is 10.00. The van der Waals surface area contributed by atoms with Gasteiger partial charge in [-0.15, -0.1) is 0 Å². The van der Waals surface area contributed by atoms with Gasteiger partial charge in [0, 0.05) is 23.7 Å². The zero-order chi connectivity index (χ0) is 31.4. The Kier molecular flexibility index (Phi) is 10.4. The van der Waals surface area contributed by atoms with Gasteiger partial charge < -0.3 is 48.7 Å². The smallest absolute Gasteiger partial charge is 0.239 e. The van der Waals surface area contributed by atoms with Crippen LogP contribution < -0.4 is 19.6 Å². The quantitative estimate of drug-likeness (QED) is 0.190. The Bertz CT molecular complexity index is 1490. The van der Waals surface area contributed by atoms with Crippen LogP contribution in [0.5, 0.6) is 23.0 Å². The Morgan fingerprint density at radius 1 is 1.07 bits per heavy atom. The highest BCUT2D eigenvalue weighted by atomic mass is 16.7. The largest absolute Gasteiger partial charge is 0.507 e. The van der Waals surface area contributed by atoms with Crippen LogP contribution in [-0.2, 0) is 11.2 Å². The summed E-state index contributed by atoms with van der Waals surface area (Å²) < 4.78 is 29.3. The summed E-state index contributed by atoms with van der Waals surface area (Å²) in [6.45, 7) is 6.59. The van der Waals surface area contributed by atoms with Gasteiger partial charge in [0.25, 0.3) is 0 Å². The summed E-state index contributed by atoms with van der Waals surface area (Å²) in [4.78, 5) is 16.2. The number of fused-ring (bicyclic) bond motifs is 1. The Hall–Kier alpha value is -3.61. The third kappa shape index (κ3) is 7.14. The summed E-state index contributed by atoms with van der Waals surface area (Å²) in [5.74, 6) is 0.247. The lowest BCUT2D eigenvalue weighted by Gasteiger charge is -2.38. The van der Waals surface area contributed by atoms with Crippen LogP contribution in [0, 0.1) is 0 Å². The lowest BCUT2D eigenvalue weighted by Crippen LogP contribution is -2.58. The van der Waals surface area contributed by atoms with Crippen LogP contribution in [0.2, 0.25) is 0 Å². The minimum absolute atomic E-state index is 0.00632. The van der Waals surface area contributed by atoms with Crippen LogP contribution >= 0.6 is 0 Å². The molecule has 5 atom stereocenters. The van der Waals surface area contributed by atoms with E-state index in [2.05, 4.69) is 0 Å². The molecule has 0 bridgehead atoms. The van der Waals surface area contributed by atoms with E-state index in [9.17, 15) is 25.2 Å². The molecule has 0 saturated carbocycles. The molecule has 4 rings (SSSR count). The summed E-state index contributed by atoms with van der Waals surface area (Å²) in [6.07, 6.45) is -3.97. The van der Waals surface area contributed by atoms with E-state index in [0.717, 1.165) is 18.5 Å². The molecular formula is C32H41NO10. The third-order valence-electron chi connectivity index (χ3n) is 7.28. The third-order valence-corrected chi connectivity index (χ3v) is 7.28. The Balaban J connectivity index is 1.93. The highest BCUT2D eigenvalue weighted by Crippen LogP contribution is 2.40. The van der Waals surface area contributed by atoms with Crippen molar-refractivity contribution in [3.05, 3.63) is 57.8 Å². The molecule has 1 saturated heterocycles. The molecule has 43 heavy (non-hydrogen) atoms. The number of aliphatic hydroxyl groups excluding tert-OH is 3. The van der Waals surface area contributed by atoms with E-state index in [1.54, 1.807) is 24.3 Å². The van der Waals surface area contributed by atoms with E-state index in [1.165, 1.54) is 20.1 Å². The fraction of sp³-hybridized carbons (Fsp3) is 0.469. The molecule has 2 heterocycles. The molecule has 1 fully saturated rings. The zero-order valence-electron chi connectivity index (χ0n) is 25.4. The Morgan fingerprint density at radius 3 is 2.40 bits per heavy atom. The van der Waals surface area contributed by atoms with Crippen molar-refractivity contribution in [1.82, 2.24) is 4.90 Å². The van der Waals surface area contributed by atoms with E-state index in [1.807, 2.05) is 38.9 Å². The maximum Gasteiger partial charge on any atom is 0.239 e. The highest BCUT2D eigenvalue weighted by molar-refractivity contribution is 5.91. The minimum Gasteiger partial charge on any atom is -0.507 e. The van der Waals surface area contributed by atoms with Gasteiger partial charge in [0.15, 0.2) is 5.76 Å². The zero-order valence-corrected chi connectivity index (χ0v) is 25.4. The Morgan fingerprint density at radius 2 is 1.77 bits per heavy atom. The van der Waals surface area contributed by atoms with Crippen molar-refractivity contribution >= 4 is 11.0 Å². The predicted octanol–water partition coefficient (Wildman–Crippen LogP) is 3.22. The number of phenols is 1. The molecule has 11 heteroatoms. The van der Waals surface area contributed by atoms with Crippen molar-refractivity contribution in [3.63, 3.8) is 0 Å². The second-order valence-electron chi connectivity index (χ2n) is 11.2. The van der Waals surface area contributed by atoms with Crippen LogP contribution in [0.3, 0.4) is 0 Å². The second kappa shape index (κ2) is 13.8. The molecule has 0 unspecified atom stereocenters. The first-order valence-corrected chi connectivity index (χ1v) is 14.2. The first-order chi connectivity index (χ1) is 20.4. The normalized spacial score (nSPS) is 22.0. The van der Waals surface area contributed by atoms with E-state index < -0.39 is 36.1 Å². The molecule has 11 nitrogen and oxygen atoms in total. The van der Waals surface area contributed by atoms with E-state index in [0.29, 0.717) is 35.7 Å². The number of aromatic hydroxyl groups is 1. The van der Waals surface area contributed by atoms with E-state index >= 15 is 0 Å². The molecule has 1 aromatic heterocycles. The van der Waals surface area contributed by atoms with Gasteiger partial charge in [0.2, 0.25) is 17.5 Å². The summed E-state index contributed by atoms with van der Waals surface area (Å²) in [6, 6.07) is 8.11. The summed E-state index contributed by atoms with van der Waals surface area (Å²) in [5.41, 5.74) is 1.45. The van der Waals surface area contributed by atoms with Gasteiger partial charge in [-0.25, -0.2) is 0 Å². The summed E-state index contributed by atoms with van der Waals surface area (Å²) in [5, 5.41) is 42.1. The molecule has 234 valence electrons. The van der Waals surface area contributed by atoms with Gasteiger partial charge in [-0.1, -0.05) is 11.6 Å². The van der Waals surface area contributed by atoms with Gasteiger partial charge in [-0.2, -0.15) is 0 Å². The fourth-order valence-corrected chi connectivity index (χ4v) is 4.82. The van der Waals surface area contributed by atoms with Crippen molar-refractivity contribution in [2.24, 2.45) is 0 Å². The van der Waals surface area contributed by atoms with Crippen molar-refractivity contribution < 1.29 is 43.8 Å². The second-order valence-corrected chi connectivity index (χ2v) is 11.2. The van der Waals surface area contributed by atoms with Crippen LogP contribution in [-0.4, -0.2) is 90.4 Å². The molecule has 0 aliphatic carbocycles. The van der Waals surface area contributed by atoms with Crippen molar-refractivity contribution in [2.45, 2.75) is 64.3 Å². The fourth-order valence-electron chi connectivity index (χ4n) is 4.82. The topological polar surface area (TPSA) is 151 Å². The Labute approximate surface area is 250 Å². The predicted molar refractivity (Wildman–Crippen MR) is 161 cm³/mol. The number of benzene rings is 2. The van der Waals surface area contributed by atoms with Crippen LogP contribution in [0.1, 0.15) is 32.8 Å². The molecule has 0 radical (unpaired) electrons. The summed E-state index contributed by atoms with van der Waals surface area (Å²) in [7, 11) is 5.47. The van der Waals surface area contributed by atoms with E-state index in [4.69, 9.17) is 23.4 Å². The van der Waals surface area contributed by atoms with E-state index in [-0.39, 0.29) is 28.2 Å². The lowest BCUT2D eigenvalue weighted by molar-refractivity contribution is -0.268. The summed E-state index contributed by atoms with van der Waals surface area (Å²) >= 11 is 0. The standard InChI is InChI=1S/C32H41NO10/c1-17(2)8-13-21-23(40-15-7-14-33(4)5)16-22(34)24-26(36)31(43-32-28(38)27(37)25(35)18(3)41-32)29(42-30(21)24)19-9-11-20(39-6)12-10-19/h8-12,16,18,25,27-28,32,34-35,37-38H,7,13-15H2,1-6H3/t18-,25-,27+,28+,32-/m1/s1. The molecule has 0 spiro atoms. The number of ether oxygens (including phenoxy) is 4. The molecule has 0 amide bonds. The number of phenolic OH excluding ortho intramolecular Hbond substituents is 1. The van der Waals surface area contributed by atoms with Crippen LogP contribution in [0.25, 0.3) is 22.3 Å². The molecule has 1 aliphatic heterocycles. The highest BCUT2D eigenvalue weighted by Gasteiger charge is 2.44. The number of hydrogen-bond acceptors (Lipinski definition) is 11. The van der Waals surface area contributed by atoms with Crippen molar-refractivity contribution in [1.29, 1.82) is 0 Å². The molecular weight excluding hydrogens is 558 g/mol. The van der Waals surface area contributed by atoms with Gasteiger partial charge in [0.1, 0.15) is 46.5 Å². The molecule has 2 aromatic carbocycles. The van der Waals surface area contributed by atoms with Gasteiger partial charge in [-0.3, -0.25) is 4.79 Å². The maximum atomic E-state index is 14.1. The average Bonchev–Trinajstić information content (AvgIpc) is 2.97. The first-order valence-electron chi connectivity index (χ1n) is 14.2. The number of allylic oxidation sites excluding steroid dienone is 2. The number of nitrogens with zero attached hydrogens (tertiary/aromatic N) is 1. The monoisotopic (exact) mass is 599 g/mol. The van der Waals surface area contributed by atoms with Gasteiger partial charge in [0.05, 0.1) is 19.8 Å². The molecule has 4 N–H and O–H groups in total. The minimum atomic E-state index is -1.68. The number of methoxy groups -OCH3 is 1. The first kappa shape index (κ1) is 32.3. The van der Waals surface area contributed by atoms with Crippen LogP contribution in [0.15, 0.2) is 51.2 Å². The molecule has 1 aliphatic rings. The molecule has 3 aromatic rings.